The zero-order chi connectivity index (χ0) is 6.53. The van der Waals surface area contributed by atoms with Crippen molar-refractivity contribution in [3.63, 3.8) is 0 Å². The second-order valence-corrected chi connectivity index (χ2v) is 2.81. The van der Waals surface area contributed by atoms with Crippen molar-refractivity contribution < 1.29 is 4.18 Å². The summed E-state index contributed by atoms with van der Waals surface area (Å²) in [7, 11) is 1.69. The first kappa shape index (κ1) is 6.90. The predicted molar refractivity (Wildman–Crippen MR) is 41.1 cm³/mol. The van der Waals surface area contributed by atoms with Crippen LogP contribution in [0.1, 0.15) is 12.8 Å². The molecule has 9 heavy (non-hydrogen) atoms. The Hall–Kier alpha value is -0.210. The molecule has 0 atom stereocenters. The van der Waals surface area contributed by atoms with E-state index in [2.05, 4.69) is 18.2 Å². The second-order valence-electron chi connectivity index (χ2n) is 1.84. The molecule has 0 N–H and O–H groups in total. The second kappa shape index (κ2) is 3.75. The fourth-order valence-electron chi connectivity index (χ4n) is 0.747. The van der Waals surface area contributed by atoms with Gasteiger partial charge in [0.15, 0.2) is 0 Å². The van der Waals surface area contributed by atoms with Crippen LogP contribution in [0.4, 0.5) is 0 Å². The Morgan fingerprint density at radius 3 is 3.00 bits per heavy atom. The molecule has 0 heterocycles. The van der Waals surface area contributed by atoms with E-state index >= 15 is 0 Å². The van der Waals surface area contributed by atoms with Gasteiger partial charge in [-0.15, -0.1) is 0 Å². The Labute approximate surface area is 60.0 Å². The molecule has 50 valence electrons. The summed E-state index contributed by atoms with van der Waals surface area (Å²) in [6.45, 7) is 0. The summed E-state index contributed by atoms with van der Waals surface area (Å²) in [5, 5.41) is 0. The summed E-state index contributed by atoms with van der Waals surface area (Å²) in [6, 6.07) is 0. The highest BCUT2D eigenvalue weighted by Gasteiger charge is 1.95. The lowest BCUT2D eigenvalue weighted by atomic mass is 10.2. The van der Waals surface area contributed by atoms with Crippen molar-refractivity contribution in [1.82, 2.24) is 0 Å². The van der Waals surface area contributed by atoms with Crippen LogP contribution in [-0.2, 0) is 4.18 Å². The van der Waals surface area contributed by atoms with Crippen molar-refractivity contribution in [2.75, 3.05) is 7.11 Å². The van der Waals surface area contributed by atoms with Gasteiger partial charge < -0.3 is 4.18 Å². The minimum atomic E-state index is 1.15. The van der Waals surface area contributed by atoms with Crippen LogP contribution >= 0.6 is 12.0 Å². The van der Waals surface area contributed by atoms with Crippen molar-refractivity contribution in [2.45, 2.75) is 12.8 Å². The van der Waals surface area contributed by atoms with E-state index < -0.39 is 0 Å². The van der Waals surface area contributed by atoms with Crippen molar-refractivity contribution in [1.29, 1.82) is 0 Å². The third-order valence-corrected chi connectivity index (χ3v) is 1.80. The molecule has 0 bridgehead atoms. The van der Waals surface area contributed by atoms with E-state index in [0.717, 1.165) is 6.42 Å². The fourth-order valence-corrected chi connectivity index (χ4v) is 1.28. The van der Waals surface area contributed by atoms with Gasteiger partial charge in [-0.25, -0.2) is 0 Å². The van der Waals surface area contributed by atoms with E-state index in [1.54, 1.807) is 7.11 Å². The molecule has 0 aromatic heterocycles. The first-order valence-corrected chi connectivity index (χ1v) is 3.75. The molecular formula is C7H10OS. The molecule has 1 aliphatic rings. The molecule has 0 saturated carbocycles. The molecule has 1 rings (SSSR count). The zero-order valence-electron chi connectivity index (χ0n) is 5.46. The molecule has 0 unspecified atom stereocenters. The molecule has 0 fully saturated rings. The Bertz CT molecular complexity index is 138. The SMILES string of the molecule is COSC1=CCCC=C1. The van der Waals surface area contributed by atoms with Gasteiger partial charge in [-0.1, -0.05) is 18.2 Å². The van der Waals surface area contributed by atoms with Gasteiger partial charge in [-0.3, -0.25) is 0 Å². The van der Waals surface area contributed by atoms with E-state index in [0.29, 0.717) is 0 Å². The third-order valence-electron chi connectivity index (χ3n) is 1.14. The molecule has 2 heteroatoms. The maximum absolute atomic E-state index is 4.88. The molecule has 1 nitrogen and oxygen atoms in total. The molecule has 0 radical (unpaired) electrons. The van der Waals surface area contributed by atoms with Crippen LogP contribution < -0.4 is 0 Å². The van der Waals surface area contributed by atoms with Crippen LogP contribution in [0.25, 0.3) is 0 Å². The summed E-state index contributed by atoms with van der Waals surface area (Å²) in [5.74, 6) is 0. The molecule has 0 saturated heterocycles. The quantitative estimate of drug-likeness (QED) is 0.548. The average molecular weight is 142 g/mol. The summed E-state index contributed by atoms with van der Waals surface area (Å²) in [4.78, 5) is 1.23. The summed E-state index contributed by atoms with van der Waals surface area (Å²) in [6.07, 6.45) is 8.78. The lowest BCUT2D eigenvalue weighted by molar-refractivity contribution is 0.493. The zero-order valence-corrected chi connectivity index (χ0v) is 6.28. The van der Waals surface area contributed by atoms with Crippen molar-refractivity contribution in [3.8, 4) is 0 Å². The smallest absolute Gasteiger partial charge is 0.0508 e. The molecule has 0 spiro atoms. The van der Waals surface area contributed by atoms with Crippen LogP contribution in [0.2, 0.25) is 0 Å². The van der Waals surface area contributed by atoms with E-state index in [-0.39, 0.29) is 0 Å². The van der Waals surface area contributed by atoms with E-state index in [4.69, 9.17) is 4.18 Å². The Morgan fingerprint density at radius 1 is 1.56 bits per heavy atom. The standard InChI is InChI=1S/C7H10OS/c1-8-9-7-5-3-2-4-6-7/h3,5-6H,2,4H2,1H3. The summed E-state index contributed by atoms with van der Waals surface area (Å²) < 4.78 is 4.88. The predicted octanol–water partition coefficient (Wildman–Crippen LogP) is 2.51. The van der Waals surface area contributed by atoms with Gasteiger partial charge in [0.2, 0.25) is 0 Å². The first-order chi connectivity index (χ1) is 4.43. The highest BCUT2D eigenvalue weighted by Crippen LogP contribution is 2.21. The van der Waals surface area contributed by atoms with Crippen LogP contribution in [0.3, 0.4) is 0 Å². The normalized spacial score (nSPS) is 17.7. The fraction of sp³-hybridized carbons (Fsp3) is 0.429. The van der Waals surface area contributed by atoms with Crippen molar-refractivity contribution >= 4 is 12.0 Å². The number of rotatable bonds is 2. The third kappa shape index (κ3) is 2.24. The van der Waals surface area contributed by atoms with Gasteiger partial charge in [0.25, 0.3) is 0 Å². The van der Waals surface area contributed by atoms with Gasteiger partial charge in [0.1, 0.15) is 0 Å². The van der Waals surface area contributed by atoms with Gasteiger partial charge in [-0.2, -0.15) is 0 Å². The van der Waals surface area contributed by atoms with Crippen LogP contribution in [0.15, 0.2) is 23.1 Å². The number of allylic oxidation sites excluding steroid dienone is 3. The Morgan fingerprint density at radius 2 is 2.44 bits per heavy atom. The molecule has 1 aliphatic carbocycles. The van der Waals surface area contributed by atoms with Crippen molar-refractivity contribution in [3.05, 3.63) is 23.1 Å². The van der Waals surface area contributed by atoms with Gasteiger partial charge in [0, 0.05) is 16.9 Å². The minimum Gasteiger partial charge on any atom is -0.314 e. The molecule has 0 aliphatic heterocycles. The molecule has 0 aromatic rings. The van der Waals surface area contributed by atoms with E-state index in [9.17, 15) is 0 Å². The lowest BCUT2D eigenvalue weighted by Crippen LogP contribution is -1.79. The maximum atomic E-state index is 4.88. The van der Waals surface area contributed by atoms with Crippen LogP contribution in [0.5, 0.6) is 0 Å². The lowest BCUT2D eigenvalue weighted by Gasteiger charge is -2.02. The molecule has 0 aromatic carbocycles. The summed E-state index contributed by atoms with van der Waals surface area (Å²) >= 11 is 1.43. The summed E-state index contributed by atoms with van der Waals surface area (Å²) in [5.41, 5.74) is 0. The Balaban J connectivity index is 2.38. The minimum absolute atomic E-state index is 1.15. The van der Waals surface area contributed by atoms with Crippen LogP contribution in [-0.4, -0.2) is 7.11 Å². The van der Waals surface area contributed by atoms with E-state index in [1.165, 1.54) is 23.4 Å². The highest BCUT2D eigenvalue weighted by molar-refractivity contribution is 7.98. The molecular weight excluding hydrogens is 132 g/mol. The highest BCUT2D eigenvalue weighted by atomic mass is 32.2. The van der Waals surface area contributed by atoms with Crippen molar-refractivity contribution in [2.24, 2.45) is 0 Å². The van der Waals surface area contributed by atoms with Crippen LogP contribution in [0, 0.1) is 0 Å². The first-order valence-electron chi connectivity index (χ1n) is 3.01. The average Bonchev–Trinajstić information content (AvgIpc) is 1.91. The van der Waals surface area contributed by atoms with Gasteiger partial charge in [0.05, 0.1) is 7.11 Å². The monoisotopic (exact) mass is 142 g/mol. The topological polar surface area (TPSA) is 9.23 Å². The van der Waals surface area contributed by atoms with Gasteiger partial charge >= 0.3 is 0 Å². The number of hydrogen-bond acceptors (Lipinski definition) is 2. The number of hydrogen-bond donors (Lipinski definition) is 0. The largest absolute Gasteiger partial charge is 0.314 e. The molecule has 0 amide bonds. The van der Waals surface area contributed by atoms with Gasteiger partial charge in [-0.05, 0) is 12.8 Å². The van der Waals surface area contributed by atoms with E-state index in [1.807, 2.05) is 0 Å². The maximum Gasteiger partial charge on any atom is 0.0508 e. The Kier molecular flexibility index (Phi) is 2.87.